The lowest BCUT2D eigenvalue weighted by molar-refractivity contribution is 0.124. The summed E-state index contributed by atoms with van der Waals surface area (Å²) in [7, 11) is 0. The van der Waals surface area contributed by atoms with Crippen molar-refractivity contribution in [3.8, 4) is 0 Å². The lowest BCUT2D eigenvalue weighted by Crippen LogP contribution is -2.37. The van der Waals surface area contributed by atoms with Gasteiger partial charge in [0.1, 0.15) is 0 Å². The summed E-state index contributed by atoms with van der Waals surface area (Å²) in [5.41, 5.74) is 1.17. The minimum Gasteiger partial charge on any atom is -0.465 e. The molecule has 0 aliphatic carbocycles. The number of halogens is 1. The lowest BCUT2D eigenvalue weighted by Gasteiger charge is -2.30. The van der Waals surface area contributed by atoms with Gasteiger partial charge in [0.15, 0.2) is 0 Å². The van der Waals surface area contributed by atoms with Crippen LogP contribution in [0.15, 0.2) is 24.3 Å². The Bertz CT molecular complexity index is 400. The molecule has 0 bridgehead atoms. The van der Waals surface area contributed by atoms with Gasteiger partial charge in [-0.15, -0.1) is 0 Å². The standard InChI is InChI=1S/C13H16ClNO2/c14-12-4-2-1-3-11(12)9-10-5-7-15(8-6-10)13(16)17/h1-4,10H,5-9H2,(H,16,17). The lowest BCUT2D eigenvalue weighted by atomic mass is 9.90. The summed E-state index contributed by atoms with van der Waals surface area (Å²) in [5, 5.41) is 9.68. The zero-order valence-corrected chi connectivity index (χ0v) is 10.4. The van der Waals surface area contributed by atoms with Gasteiger partial charge in [0.25, 0.3) is 0 Å². The zero-order valence-electron chi connectivity index (χ0n) is 9.60. The van der Waals surface area contributed by atoms with Gasteiger partial charge in [-0.3, -0.25) is 0 Å². The Morgan fingerprint density at radius 1 is 1.35 bits per heavy atom. The quantitative estimate of drug-likeness (QED) is 0.879. The van der Waals surface area contributed by atoms with Crippen molar-refractivity contribution in [2.45, 2.75) is 19.3 Å². The van der Waals surface area contributed by atoms with Crippen LogP contribution >= 0.6 is 11.6 Å². The molecule has 3 nitrogen and oxygen atoms in total. The molecule has 0 aromatic heterocycles. The summed E-state index contributed by atoms with van der Waals surface area (Å²) in [6.45, 7) is 1.29. The molecule has 1 aromatic carbocycles. The maximum Gasteiger partial charge on any atom is 0.407 e. The van der Waals surface area contributed by atoms with E-state index >= 15 is 0 Å². The number of benzene rings is 1. The van der Waals surface area contributed by atoms with Gasteiger partial charge in [-0.1, -0.05) is 29.8 Å². The van der Waals surface area contributed by atoms with E-state index in [1.54, 1.807) is 0 Å². The minimum atomic E-state index is -0.804. The van der Waals surface area contributed by atoms with Crippen molar-refractivity contribution < 1.29 is 9.90 Å². The van der Waals surface area contributed by atoms with Gasteiger partial charge in [-0.05, 0) is 36.8 Å². The monoisotopic (exact) mass is 253 g/mol. The van der Waals surface area contributed by atoms with Crippen LogP contribution in [0.5, 0.6) is 0 Å². The molecule has 1 amide bonds. The van der Waals surface area contributed by atoms with E-state index in [2.05, 4.69) is 0 Å². The Morgan fingerprint density at radius 2 is 2.00 bits per heavy atom. The Labute approximate surface area is 106 Å². The summed E-state index contributed by atoms with van der Waals surface area (Å²) >= 11 is 6.12. The molecule has 1 aliphatic heterocycles. The van der Waals surface area contributed by atoms with Crippen molar-refractivity contribution in [2.75, 3.05) is 13.1 Å². The van der Waals surface area contributed by atoms with E-state index in [1.165, 1.54) is 10.5 Å². The highest BCUT2D eigenvalue weighted by atomic mass is 35.5. The van der Waals surface area contributed by atoms with Gasteiger partial charge in [0, 0.05) is 18.1 Å². The van der Waals surface area contributed by atoms with E-state index in [4.69, 9.17) is 16.7 Å². The Hall–Kier alpha value is -1.22. The first-order chi connectivity index (χ1) is 8.16. The molecule has 1 saturated heterocycles. The smallest absolute Gasteiger partial charge is 0.407 e. The summed E-state index contributed by atoms with van der Waals surface area (Å²) in [6.07, 6.45) is 2.00. The van der Waals surface area contributed by atoms with Gasteiger partial charge < -0.3 is 10.0 Å². The topological polar surface area (TPSA) is 40.5 Å². The average Bonchev–Trinajstić information content (AvgIpc) is 2.33. The maximum atomic E-state index is 10.8. The van der Waals surface area contributed by atoms with Gasteiger partial charge in [0.2, 0.25) is 0 Å². The fourth-order valence-electron chi connectivity index (χ4n) is 2.30. The maximum absolute atomic E-state index is 10.8. The molecule has 0 spiro atoms. The normalized spacial score (nSPS) is 17.1. The van der Waals surface area contributed by atoms with Crippen molar-refractivity contribution in [1.29, 1.82) is 0 Å². The Morgan fingerprint density at radius 3 is 2.59 bits per heavy atom. The third kappa shape index (κ3) is 3.13. The van der Waals surface area contributed by atoms with Gasteiger partial charge in [-0.2, -0.15) is 0 Å². The van der Waals surface area contributed by atoms with Gasteiger partial charge >= 0.3 is 6.09 Å². The molecule has 0 unspecified atom stereocenters. The van der Waals surface area contributed by atoms with E-state index in [0.29, 0.717) is 19.0 Å². The number of likely N-dealkylation sites (tertiary alicyclic amines) is 1. The molecular formula is C13H16ClNO2. The predicted molar refractivity (Wildman–Crippen MR) is 67.5 cm³/mol. The van der Waals surface area contributed by atoms with Crippen LogP contribution in [0.1, 0.15) is 18.4 Å². The molecule has 1 aliphatic rings. The first-order valence-corrected chi connectivity index (χ1v) is 6.26. The number of hydrogen-bond donors (Lipinski definition) is 1. The third-order valence-electron chi connectivity index (χ3n) is 3.35. The van der Waals surface area contributed by atoms with Crippen LogP contribution in [-0.2, 0) is 6.42 Å². The highest BCUT2D eigenvalue weighted by Gasteiger charge is 2.22. The van der Waals surface area contributed by atoms with Crippen LogP contribution in [0.25, 0.3) is 0 Å². The molecular weight excluding hydrogens is 238 g/mol. The van der Waals surface area contributed by atoms with Crippen LogP contribution in [0, 0.1) is 5.92 Å². The van der Waals surface area contributed by atoms with Crippen molar-refractivity contribution >= 4 is 17.7 Å². The molecule has 92 valence electrons. The van der Waals surface area contributed by atoms with Crippen molar-refractivity contribution in [3.63, 3.8) is 0 Å². The number of amides is 1. The second kappa shape index (κ2) is 5.41. The molecule has 1 fully saturated rings. The van der Waals surface area contributed by atoms with E-state index in [1.807, 2.05) is 24.3 Å². The predicted octanol–water partition coefficient (Wildman–Crippen LogP) is 3.27. The van der Waals surface area contributed by atoms with Crippen LogP contribution in [0.3, 0.4) is 0 Å². The van der Waals surface area contributed by atoms with Crippen LogP contribution < -0.4 is 0 Å². The number of carboxylic acid groups (broad SMARTS) is 1. The van der Waals surface area contributed by atoms with Crippen molar-refractivity contribution in [3.05, 3.63) is 34.9 Å². The number of nitrogens with zero attached hydrogens (tertiary/aromatic N) is 1. The summed E-state index contributed by atoms with van der Waals surface area (Å²) in [5.74, 6) is 0.547. The van der Waals surface area contributed by atoms with E-state index in [0.717, 1.165) is 24.3 Å². The molecule has 1 heterocycles. The largest absolute Gasteiger partial charge is 0.465 e. The summed E-state index contributed by atoms with van der Waals surface area (Å²) in [4.78, 5) is 12.3. The van der Waals surface area contributed by atoms with E-state index in [9.17, 15) is 4.79 Å². The highest BCUT2D eigenvalue weighted by Crippen LogP contribution is 2.25. The van der Waals surface area contributed by atoms with E-state index in [-0.39, 0.29) is 0 Å². The summed E-state index contributed by atoms with van der Waals surface area (Å²) in [6, 6.07) is 7.88. The van der Waals surface area contributed by atoms with Crippen LogP contribution in [0.4, 0.5) is 4.79 Å². The Kier molecular flexibility index (Phi) is 3.89. The number of rotatable bonds is 2. The number of piperidine rings is 1. The molecule has 0 saturated carbocycles. The fraction of sp³-hybridized carbons (Fsp3) is 0.462. The van der Waals surface area contributed by atoms with E-state index < -0.39 is 6.09 Å². The fourth-order valence-corrected chi connectivity index (χ4v) is 2.52. The Balaban J connectivity index is 1.90. The number of hydrogen-bond acceptors (Lipinski definition) is 1. The summed E-state index contributed by atoms with van der Waals surface area (Å²) < 4.78 is 0. The minimum absolute atomic E-state index is 0.547. The molecule has 1 N–H and O–H groups in total. The molecule has 17 heavy (non-hydrogen) atoms. The molecule has 1 aromatic rings. The molecule has 0 radical (unpaired) electrons. The second-order valence-electron chi connectivity index (χ2n) is 4.51. The molecule has 2 rings (SSSR count). The SMILES string of the molecule is O=C(O)N1CCC(Cc2ccccc2Cl)CC1. The first kappa shape index (κ1) is 12.2. The van der Waals surface area contributed by atoms with Crippen LogP contribution in [0.2, 0.25) is 5.02 Å². The molecule has 0 atom stereocenters. The van der Waals surface area contributed by atoms with Crippen molar-refractivity contribution in [2.24, 2.45) is 5.92 Å². The van der Waals surface area contributed by atoms with Gasteiger partial charge in [0.05, 0.1) is 0 Å². The number of carbonyl (C=O) groups is 1. The highest BCUT2D eigenvalue weighted by molar-refractivity contribution is 6.31. The zero-order chi connectivity index (χ0) is 12.3. The average molecular weight is 254 g/mol. The molecule has 4 heteroatoms. The van der Waals surface area contributed by atoms with Gasteiger partial charge in [-0.25, -0.2) is 4.79 Å². The van der Waals surface area contributed by atoms with Crippen molar-refractivity contribution in [1.82, 2.24) is 4.90 Å². The van der Waals surface area contributed by atoms with Crippen LogP contribution in [-0.4, -0.2) is 29.2 Å². The first-order valence-electron chi connectivity index (χ1n) is 5.88. The second-order valence-corrected chi connectivity index (χ2v) is 4.92. The third-order valence-corrected chi connectivity index (χ3v) is 3.72.